The zero-order valence-electron chi connectivity index (χ0n) is 53.2. The van der Waals surface area contributed by atoms with Crippen molar-refractivity contribution in [2.45, 2.75) is 124 Å². The van der Waals surface area contributed by atoms with Gasteiger partial charge in [0.25, 0.3) is 5.82 Å². The summed E-state index contributed by atoms with van der Waals surface area (Å²) in [6, 6.07) is 32.6. The highest BCUT2D eigenvalue weighted by atomic mass is 16.5. The maximum absolute atomic E-state index is 15.2. The van der Waals surface area contributed by atoms with E-state index in [1.807, 2.05) is 111 Å². The minimum Gasteiger partial charge on any atom is -0.508 e. The summed E-state index contributed by atoms with van der Waals surface area (Å²) >= 11 is 0. The summed E-state index contributed by atoms with van der Waals surface area (Å²) in [5.74, 6) is 1.46. The molecule has 92 heavy (non-hydrogen) atoms. The summed E-state index contributed by atoms with van der Waals surface area (Å²) in [6.45, 7) is 17.5. The maximum Gasteiger partial charge on any atom is 0.400 e. The number of benzene rings is 6. The van der Waals surface area contributed by atoms with Gasteiger partial charge in [0.15, 0.2) is 5.82 Å². The van der Waals surface area contributed by atoms with Crippen LogP contribution >= 0.6 is 0 Å². The van der Waals surface area contributed by atoms with Crippen LogP contribution in [0.15, 0.2) is 126 Å². The third kappa shape index (κ3) is 11.2. The predicted octanol–water partition coefficient (Wildman–Crippen LogP) is 10.8. The van der Waals surface area contributed by atoms with Crippen molar-refractivity contribution in [3.63, 3.8) is 0 Å². The average Bonchev–Trinajstić information content (AvgIpc) is 1.58. The average molecular weight is 1250 g/mol. The molecule has 1 unspecified atom stereocenters. The van der Waals surface area contributed by atoms with E-state index in [0.717, 1.165) is 67.3 Å². The van der Waals surface area contributed by atoms with E-state index in [1.54, 1.807) is 50.3 Å². The van der Waals surface area contributed by atoms with Gasteiger partial charge in [-0.25, -0.2) is 24.3 Å². The molecule has 2 aliphatic heterocycles. The highest BCUT2D eigenvalue weighted by molar-refractivity contribution is 5.97. The van der Waals surface area contributed by atoms with Crippen LogP contribution in [0.4, 0.5) is 10.5 Å². The van der Waals surface area contributed by atoms with E-state index in [2.05, 4.69) is 54.0 Å². The number of phenols is 4. The molecule has 6 aromatic carbocycles. The molecule has 22 nitrogen and oxygen atoms in total. The van der Waals surface area contributed by atoms with E-state index in [-0.39, 0.29) is 82.5 Å². The fourth-order valence-corrected chi connectivity index (χ4v) is 12.9. The zero-order valence-corrected chi connectivity index (χ0v) is 53.2. The van der Waals surface area contributed by atoms with Gasteiger partial charge in [-0.05, 0) is 173 Å². The molecule has 4 aromatic heterocycles. The second-order valence-electron chi connectivity index (χ2n) is 25.6. The smallest absolute Gasteiger partial charge is 0.400 e. The number of hydrogen-bond acceptors (Lipinski definition) is 13. The molecule has 1 aliphatic carbocycles. The Morgan fingerprint density at radius 2 is 1.26 bits per heavy atom. The van der Waals surface area contributed by atoms with E-state index < -0.39 is 11.9 Å². The van der Waals surface area contributed by atoms with Gasteiger partial charge in [0.05, 0.1) is 49.3 Å². The standard InChI is InChI=1S/C70H77N13O9/c1-39(2)50-32-53(59(85)35-58(50)84)65-74-78(29-28-77-26-22-44-30-48(16-18-56(44)77)81-64(72-73-69(81)89)55-33-51(40(3)4)60(86)36-63(55)92-9)70(90)82(65)49-17-19-57-45(31-49)23-27-79(57)83-68(67(88)71-46-12-13-46)80(47-14-10-43(11-15-47)38-76-24-20-42(7)21-25-76)66(75-83)54-34-52(41(5)6)62(91-8)37-61(54)87/h10-11,14-19,22-23,26-27,30-37,39-42,46,64,71H,12-13,20-21,24-25,28-29,38H2,1-9H3,(H5,74,75,84,85,86,87,88)/p+1. The number of hydrogen-bond donors (Lipinski definition) is 7. The first kappa shape index (κ1) is 60.8. The number of aryl methyl sites for hydroxylation is 2. The second-order valence-corrected chi connectivity index (χ2v) is 25.6. The minimum absolute atomic E-state index is 0.00385. The predicted molar refractivity (Wildman–Crippen MR) is 350 cm³/mol. The summed E-state index contributed by atoms with van der Waals surface area (Å²) in [7, 11) is 3.09. The lowest BCUT2D eigenvalue weighted by molar-refractivity contribution is -0.778. The number of aromatic nitrogens is 8. The van der Waals surface area contributed by atoms with Crippen LogP contribution in [0.25, 0.3) is 56.0 Å². The Morgan fingerprint density at radius 1 is 0.652 bits per heavy atom. The van der Waals surface area contributed by atoms with Crippen molar-refractivity contribution in [3.05, 3.63) is 166 Å². The summed E-state index contributed by atoms with van der Waals surface area (Å²) in [4.78, 5) is 49.4. The third-order valence-electron chi connectivity index (χ3n) is 18.2. The molecule has 0 radical (unpaired) electrons. The lowest BCUT2D eigenvalue weighted by Crippen LogP contribution is -2.51. The van der Waals surface area contributed by atoms with Gasteiger partial charge in [0, 0.05) is 71.1 Å². The zero-order chi connectivity index (χ0) is 64.5. The van der Waals surface area contributed by atoms with Gasteiger partial charge >= 0.3 is 23.5 Å². The Hall–Kier alpha value is -10.1. The monoisotopic (exact) mass is 1240 g/mol. The first-order valence-corrected chi connectivity index (χ1v) is 31.6. The number of anilines is 1. The van der Waals surface area contributed by atoms with Crippen LogP contribution in [0.1, 0.15) is 137 Å². The number of carbonyl (C=O) groups is 2. The lowest BCUT2D eigenvalue weighted by atomic mass is 9.97. The number of urea groups is 1. The Kier molecular flexibility index (Phi) is 16.1. The van der Waals surface area contributed by atoms with Crippen molar-refractivity contribution >= 4 is 39.4 Å². The molecule has 10 aromatic rings. The van der Waals surface area contributed by atoms with E-state index >= 15 is 9.59 Å². The van der Waals surface area contributed by atoms with E-state index in [1.165, 1.54) is 22.4 Å². The van der Waals surface area contributed by atoms with Crippen molar-refractivity contribution in [3.8, 4) is 68.6 Å². The number of methoxy groups -OCH3 is 2. The van der Waals surface area contributed by atoms with Crippen molar-refractivity contribution in [2.24, 2.45) is 5.92 Å². The molecule has 2 saturated heterocycles. The number of phenolic OH excluding ortho intramolecular Hbond substituents is 4. The van der Waals surface area contributed by atoms with Gasteiger partial charge < -0.3 is 39.8 Å². The number of amides is 3. The summed E-state index contributed by atoms with van der Waals surface area (Å²) in [5.41, 5.74) is 13.1. The molecule has 3 fully saturated rings. The molecule has 3 amide bonds. The van der Waals surface area contributed by atoms with Crippen LogP contribution in [-0.4, -0.2) is 104 Å². The molecule has 22 heteroatoms. The van der Waals surface area contributed by atoms with Crippen LogP contribution < -0.4 is 41.0 Å². The number of nitrogens with zero attached hydrogens (tertiary/aromatic N) is 10. The molecular weight excluding hydrogens is 1170 g/mol. The van der Waals surface area contributed by atoms with Crippen LogP contribution in [0, 0.1) is 5.92 Å². The minimum atomic E-state index is -0.668. The Morgan fingerprint density at radius 3 is 1.97 bits per heavy atom. The van der Waals surface area contributed by atoms with Crippen molar-refractivity contribution < 1.29 is 44.3 Å². The van der Waals surface area contributed by atoms with Crippen LogP contribution in [0.5, 0.6) is 34.5 Å². The Bertz CT molecular complexity index is 4560. The van der Waals surface area contributed by atoms with Gasteiger partial charge in [-0.3, -0.25) is 20.0 Å². The molecule has 0 spiro atoms. The Labute approximate surface area is 532 Å². The number of aromatic hydroxyl groups is 4. The molecular formula is C70H78N13O9+. The van der Waals surface area contributed by atoms with Gasteiger partial charge in [-0.15, -0.1) is 5.10 Å². The van der Waals surface area contributed by atoms with Gasteiger partial charge in [-0.2, -0.15) is 9.24 Å². The van der Waals surface area contributed by atoms with Crippen molar-refractivity contribution in [1.82, 2.24) is 54.3 Å². The first-order chi connectivity index (χ1) is 44.3. The fraction of sp³-hybridized carbons (Fsp3) is 0.343. The van der Waals surface area contributed by atoms with Gasteiger partial charge in [0.1, 0.15) is 46.4 Å². The molecule has 1 atom stereocenters. The summed E-state index contributed by atoms with van der Waals surface area (Å²) in [5, 5.41) is 60.3. The number of hydrazine groups is 1. The second kappa shape index (κ2) is 24.3. The number of carbonyl (C=O) groups excluding carboxylic acids is 2. The van der Waals surface area contributed by atoms with E-state index in [0.29, 0.717) is 80.0 Å². The van der Waals surface area contributed by atoms with Crippen LogP contribution in [-0.2, 0) is 19.6 Å². The normalized spacial score (nSPS) is 15.7. The maximum atomic E-state index is 15.2. The molecule has 7 N–H and O–H groups in total. The first-order valence-electron chi connectivity index (χ1n) is 31.6. The molecule has 476 valence electrons. The third-order valence-corrected chi connectivity index (χ3v) is 18.2. The van der Waals surface area contributed by atoms with Gasteiger partial charge in [-0.1, -0.05) is 60.6 Å². The van der Waals surface area contributed by atoms with Crippen molar-refractivity contribution in [1.29, 1.82) is 0 Å². The van der Waals surface area contributed by atoms with E-state index in [9.17, 15) is 25.2 Å². The number of ether oxygens (including phenoxy) is 2. The fourth-order valence-electron chi connectivity index (χ4n) is 12.9. The quantitative estimate of drug-likeness (QED) is 0.0373. The van der Waals surface area contributed by atoms with Crippen LogP contribution in [0.3, 0.4) is 0 Å². The van der Waals surface area contributed by atoms with Gasteiger partial charge in [0.2, 0.25) is 0 Å². The summed E-state index contributed by atoms with van der Waals surface area (Å²) in [6.07, 6.45) is 7.05. The van der Waals surface area contributed by atoms with E-state index in [4.69, 9.17) is 19.7 Å². The number of nitrogens with one attached hydrogen (secondary N) is 3. The van der Waals surface area contributed by atoms with Crippen LogP contribution in [0.2, 0.25) is 0 Å². The highest BCUT2D eigenvalue weighted by Crippen LogP contribution is 2.43. The molecule has 1 saturated carbocycles. The highest BCUT2D eigenvalue weighted by Gasteiger charge is 2.40. The number of rotatable bonds is 19. The number of piperidine rings is 1. The molecule has 6 heterocycles. The SMILES string of the molecule is COc1cc(O)c(-c2n[n+](-n3ccc4cc(-n5c(-c6cc(C(C)C)c(O)cc6O)nn(CCn6ccc7cc(N8C(=O)NNC8c8cc(C(C)C)c(O)cc8OC)ccc76)c5=O)ccc43)c(C(=O)NC3CC3)n2-c2ccc(CN3CCC(C)CC3)cc2)cc1C(C)C. The number of fused-ring (bicyclic) bond motifs is 2. The lowest BCUT2D eigenvalue weighted by Gasteiger charge is -2.30. The summed E-state index contributed by atoms with van der Waals surface area (Å²) < 4.78 is 19.8. The largest absolute Gasteiger partial charge is 0.508 e. The molecule has 0 bridgehead atoms. The topological polar surface area (TPSA) is 247 Å². The van der Waals surface area contributed by atoms with Crippen molar-refractivity contribution in [2.75, 3.05) is 32.2 Å². The Balaban J connectivity index is 0.883. The molecule has 3 aliphatic rings. The number of likely N-dealkylation sites (tertiary alicyclic amines) is 1. The molecule has 13 rings (SSSR count).